The molecule has 1 aromatic heterocycles. The molecule has 1 N–H and O–H groups in total. The lowest BCUT2D eigenvalue weighted by atomic mass is 9.92. The molecule has 1 saturated heterocycles. The number of benzene rings is 2. The summed E-state index contributed by atoms with van der Waals surface area (Å²) >= 11 is 1.54. The number of hydrogen-bond acceptors (Lipinski definition) is 5. The van der Waals surface area contributed by atoms with E-state index in [4.69, 9.17) is 4.74 Å². The van der Waals surface area contributed by atoms with Crippen LogP contribution in [0.5, 0.6) is 5.75 Å². The second-order valence-electron chi connectivity index (χ2n) is 8.14. The van der Waals surface area contributed by atoms with Crippen molar-refractivity contribution in [1.82, 2.24) is 10.2 Å². The lowest BCUT2D eigenvalue weighted by molar-refractivity contribution is -0.134. The summed E-state index contributed by atoms with van der Waals surface area (Å²) in [6, 6.07) is 18.2. The number of amides is 4. The number of methoxy groups -OCH3 is 1. The number of carbonyl (C=O) groups is 3. The van der Waals surface area contributed by atoms with Crippen LogP contribution >= 0.6 is 11.3 Å². The predicted molar refractivity (Wildman–Crippen MR) is 125 cm³/mol. The molecule has 2 aliphatic rings. The van der Waals surface area contributed by atoms with Gasteiger partial charge in [-0.15, -0.1) is 11.3 Å². The van der Waals surface area contributed by atoms with Crippen molar-refractivity contribution in [3.63, 3.8) is 0 Å². The average Bonchev–Trinajstić information content (AvgIpc) is 3.54. The zero-order chi connectivity index (χ0) is 23.0. The van der Waals surface area contributed by atoms with Crippen LogP contribution in [0.25, 0.3) is 0 Å². The fourth-order valence-electron chi connectivity index (χ4n) is 4.60. The number of urea groups is 1. The van der Waals surface area contributed by atoms with Crippen LogP contribution in [-0.4, -0.2) is 36.4 Å². The maximum atomic E-state index is 13.5. The molecule has 8 heteroatoms. The van der Waals surface area contributed by atoms with E-state index in [1.54, 1.807) is 47.6 Å². The summed E-state index contributed by atoms with van der Waals surface area (Å²) < 4.78 is 5.23. The summed E-state index contributed by atoms with van der Waals surface area (Å²) in [4.78, 5) is 43.4. The molecular weight excluding hydrogens is 438 g/mol. The maximum absolute atomic E-state index is 13.5. The minimum atomic E-state index is -1.08. The van der Waals surface area contributed by atoms with E-state index in [-0.39, 0.29) is 18.4 Å². The molecule has 0 saturated carbocycles. The standard InChI is InChI=1S/C25H23N3O4S/c1-32-19-10-8-18(9-11-19)27(15-20-6-4-14-33-20)22(29)16-28-23(30)25(26-24(28)31)13-12-17-5-2-3-7-21(17)25/h2-11,14H,12-13,15-16H2,1H3,(H,26,31)/t25-/m0/s1. The molecule has 2 heterocycles. The average molecular weight is 462 g/mol. The summed E-state index contributed by atoms with van der Waals surface area (Å²) in [5, 5.41) is 4.83. The number of nitrogens with zero attached hydrogens (tertiary/aromatic N) is 2. The molecule has 1 atom stereocenters. The van der Waals surface area contributed by atoms with Gasteiger partial charge in [0.05, 0.1) is 13.7 Å². The zero-order valence-electron chi connectivity index (χ0n) is 18.1. The molecule has 4 amide bonds. The van der Waals surface area contributed by atoms with Gasteiger partial charge in [-0.25, -0.2) is 4.79 Å². The van der Waals surface area contributed by atoms with Crippen LogP contribution in [0.1, 0.15) is 22.4 Å². The van der Waals surface area contributed by atoms with Crippen LogP contribution in [0.3, 0.4) is 0 Å². The number of aryl methyl sites for hydroxylation is 1. The normalized spacial score (nSPS) is 19.0. The third-order valence-electron chi connectivity index (χ3n) is 6.29. The highest BCUT2D eigenvalue weighted by atomic mass is 32.1. The van der Waals surface area contributed by atoms with E-state index in [9.17, 15) is 14.4 Å². The Hall–Kier alpha value is -3.65. The Kier molecular flexibility index (Phi) is 5.38. The third kappa shape index (κ3) is 3.66. The summed E-state index contributed by atoms with van der Waals surface area (Å²) in [5.41, 5.74) is 1.47. The van der Waals surface area contributed by atoms with Gasteiger partial charge in [-0.05, 0) is 59.7 Å². The molecule has 7 nitrogen and oxygen atoms in total. The third-order valence-corrected chi connectivity index (χ3v) is 7.16. The molecule has 5 rings (SSSR count). The molecule has 0 radical (unpaired) electrons. The quantitative estimate of drug-likeness (QED) is 0.568. The zero-order valence-corrected chi connectivity index (χ0v) is 18.9. The number of nitrogens with one attached hydrogen (secondary N) is 1. The highest BCUT2D eigenvalue weighted by Crippen LogP contribution is 2.41. The van der Waals surface area contributed by atoms with E-state index in [1.807, 2.05) is 41.8 Å². The first-order chi connectivity index (χ1) is 16.0. The van der Waals surface area contributed by atoms with Crippen molar-refractivity contribution in [2.24, 2.45) is 0 Å². The predicted octanol–water partition coefficient (Wildman–Crippen LogP) is 3.68. The van der Waals surface area contributed by atoms with E-state index < -0.39 is 11.6 Å². The van der Waals surface area contributed by atoms with E-state index in [2.05, 4.69) is 5.32 Å². The Labute approximate surface area is 195 Å². The van der Waals surface area contributed by atoms with Crippen molar-refractivity contribution in [2.45, 2.75) is 24.9 Å². The molecule has 0 unspecified atom stereocenters. The van der Waals surface area contributed by atoms with Crippen molar-refractivity contribution in [3.8, 4) is 5.75 Å². The molecule has 3 aromatic rings. The highest BCUT2D eigenvalue weighted by molar-refractivity contribution is 7.09. The topological polar surface area (TPSA) is 79.0 Å². The highest BCUT2D eigenvalue weighted by Gasteiger charge is 2.55. The van der Waals surface area contributed by atoms with Crippen LogP contribution in [0.2, 0.25) is 0 Å². The molecule has 2 aromatic carbocycles. The van der Waals surface area contributed by atoms with Gasteiger partial charge in [0.25, 0.3) is 5.91 Å². The molecular formula is C25H23N3O4S. The lowest BCUT2D eigenvalue weighted by Crippen LogP contribution is -2.44. The molecule has 33 heavy (non-hydrogen) atoms. The molecule has 168 valence electrons. The molecule has 1 spiro atoms. The summed E-state index contributed by atoms with van der Waals surface area (Å²) in [5.74, 6) is -0.0183. The number of anilines is 1. The summed E-state index contributed by atoms with van der Waals surface area (Å²) in [6.45, 7) is 0.0203. The van der Waals surface area contributed by atoms with Gasteiger partial charge in [-0.1, -0.05) is 30.3 Å². The Bertz CT molecular complexity index is 1210. The number of carbonyl (C=O) groups excluding carboxylic acids is 3. The molecule has 0 bridgehead atoms. The van der Waals surface area contributed by atoms with Crippen LogP contribution in [0.15, 0.2) is 66.0 Å². The van der Waals surface area contributed by atoms with Gasteiger partial charge in [0.2, 0.25) is 5.91 Å². The number of imide groups is 1. The van der Waals surface area contributed by atoms with Gasteiger partial charge in [-0.2, -0.15) is 0 Å². The van der Waals surface area contributed by atoms with Crippen LogP contribution < -0.4 is 15.0 Å². The number of thiophene rings is 1. The Morgan fingerprint density at radius 1 is 1.12 bits per heavy atom. The van der Waals surface area contributed by atoms with Gasteiger partial charge in [0.15, 0.2) is 0 Å². The van der Waals surface area contributed by atoms with E-state index in [0.717, 1.165) is 20.9 Å². The largest absolute Gasteiger partial charge is 0.497 e. The molecule has 1 aliphatic carbocycles. The Balaban J connectivity index is 1.41. The van der Waals surface area contributed by atoms with Gasteiger partial charge in [0, 0.05) is 10.6 Å². The first-order valence-electron chi connectivity index (χ1n) is 10.7. The first-order valence-corrected chi connectivity index (χ1v) is 11.6. The van der Waals surface area contributed by atoms with Crippen LogP contribution in [0.4, 0.5) is 10.5 Å². The monoisotopic (exact) mass is 461 g/mol. The first kappa shape index (κ1) is 21.2. The fourth-order valence-corrected chi connectivity index (χ4v) is 5.29. The van der Waals surface area contributed by atoms with Crippen molar-refractivity contribution < 1.29 is 19.1 Å². The maximum Gasteiger partial charge on any atom is 0.325 e. The van der Waals surface area contributed by atoms with Crippen molar-refractivity contribution in [3.05, 3.63) is 82.0 Å². The summed E-state index contributed by atoms with van der Waals surface area (Å²) in [6.07, 6.45) is 1.21. The van der Waals surface area contributed by atoms with Crippen molar-refractivity contribution in [1.29, 1.82) is 0 Å². The minimum absolute atomic E-state index is 0.327. The minimum Gasteiger partial charge on any atom is -0.497 e. The molecule has 1 fully saturated rings. The second-order valence-corrected chi connectivity index (χ2v) is 9.17. The lowest BCUT2D eigenvalue weighted by Gasteiger charge is -2.25. The number of hydrogen-bond donors (Lipinski definition) is 1. The van der Waals surface area contributed by atoms with Crippen LogP contribution in [0, 0.1) is 0 Å². The summed E-state index contributed by atoms with van der Waals surface area (Å²) in [7, 11) is 1.58. The van der Waals surface area contributed by atoms with Gasteiger partial charge in [-0.3, -0.25) is 14.5 Å². The van der Waals surface area contributed by atoms with Gasteiger partial charge >= 0.3 is 6.03 Å². The van der Waals surface area contributed by atoms with E-state index in [0.29, 0.717) is 30.8 Å². The molecule has 1 aliphatic heterocycles. The number of rotatable bonds is 6. The van der Waals surface area contributed by atoms with Crippen molar-refractivity contribution in [2.75, 3.05) is 18.6 Å². The Morgan fingerprint density at radius 2 is 1.91 bits per heavy atom. The van der Waals surface area contributed by atoms with Gasteiger partial charge < -0.3 is 15.0 Å². The van der Waals surface area contributed by atoms with E-state index >= 15 is 0 Å². The smallest absolute Gasteiger partial charge is 0.325 e. The Morgan fingerprint density at radius 3 is 2.64 bits per heavy atom. The van der Waals surface area contributed by atoms with Crippen LogP contribution in [-0.2, 0) is 28.1 Å². The van der Waals surface area contributed by atoms with E-state index in [1.165, 1.54) is 0 Å². The number of ether oxygens (including phenoxy) is 1. The second kappa shape index (κ2) is 8.37. The van der Waals surface area contributed by atoms with Crippen molar-refractivity contribution >= 4 is 34.9 Å². The fraction of sp³-hybridized carbons (Fsp3) is 0.240. The SMILES string of the molecule is COc1ccc(N(Cc2cccs2)C(=O)CN2C(=O)N[C@]3(CCc4ccccc43)C2=O)cc1. The van der Waals surface area contributed by atoms with Gasteiger partial charge in [0.1, 0.15) is 17.8 Å². The number of fused-ring (bicyclic) bond motifs is 2.